The Labute approximate surface area is 121 Å². The van der Waals surface area contributed by atoms with E-state index in [0.29, 0.717) is 0 Å². The minimum absolute atomic E-state index is 0.898. The summed E-state index contributed by atoms with van der Waals surface area (Å²) in [5.41, 5.74) is 3.72. The third kappa shape index (κ3) is 4.27. The molecule has 0 saturated carbocycles. The minimum atomic E-state index is 0.898. The predicted molar refractivity (Wildman–Crippen MR) is 85.8 cm³/mol. The van der Waals surface area contributed by atoms with Crippen molar-refractivity contribution in [2.24, 2.45) is 0 Å². The molecule has 0 amide bonds. The molecule has 0 bridgehead atoms. The third-order valence-corrected chi connectivity index (χ3v) is 3.27. The normalized spacial score (nSPS) is 11.4. The van der Waals surface area contributed by atoms with Crippen molar-refractivity contribution in [1.82, 2.24) is 0 Å². The number of ether oxygens (including phenoxy) is 1. The van der Waals surface area contributed by atoms with Gasteiger partial charge in [-0.1, -0.05) is 55.8 Å². The molecule has 0 atom stereocenters. The van der Waals surface area contributed by atoms with E-state index in [9.17, 15) is 0 Å². The summed E-state index contributed by atoms with van der Waals surface area (Å²) in [6, 6.07) is 18.6. The summed E-state index contributed by atoms with van der Waals surface area (Å²) in [6.07, 6.45) is 5.32. The monoisotopic (exact) mass is 266 g/mol. The summed E-state index contributed by atoms with van der Waals surface area (Å²) in [4.78, 5) is 0. The number of hydrogen-bond acceptors (Lipinski definition) is 1. The molecule has 0 N–H and O–H groups in total. The van der Waals surface area contributed by atoms with Crippen LogP contribution in [0.1, 0.15) is 37.3 Å². The van der Waals surface area contributed by atoms with Crippen molar-refractivity contribution in [3.05, 3.63) is 72.0 Å². The van der Waals surface area contributed by atoms with E-state index >= 15 is 0 Å². The highest BCUT2D eigenvalue weighted by Gasteiger charge is 2.02. The van der Waals surface area contributed by atoms with Crippen molar-refractivity contribution in [2.45, 2.75) is 33.1 Å². The second kappa shape index (κ2) is 7.54. The first-order valence-electron chi connectivity index (χ1n) is 7.27. The van der Waals surface area contributed by atoms with Crippen LogP contribution in [-0.2, 0) is 0 Å². The van der Waals surface area contributed by atoms with Crippen molar-refractivity contribution < 1.29 is 4.74 Å². The summed E-state index contributed by atoms with van der Waals surface area (Å²) in [6.45, 7) is 4.29. The molecule has 0 saturated heterocycles. The van der Waals surface area contributed by atoms with E-state index in [1.807, 2.05) is 24.5 Å². The fraction of sp³-hybridized carbons (Fsp3) is 0.263. The number of allylic oxidation sites excluding steroid dienone is 1. The summed E-state index contributed by atoms with van der Waals surface area (Å²) in [5.74, 6) is 0.898. The Balaban J connectivity index is 2.16. The summed E-state index contributed by atoms with van der Waals surface area (Å²) in [5, 5.41) is 0. The first kappa shape index (κ1) is 14.4. The Morgan fingerprint density at radius 2 is 1.85 bits per heavy atom. The van der Waals surface area contributed by atoms with E-state index in [4.69, 9.17) is 4.74 Å². The van der Waals surface area contributed by atoms with Crippen LogP contribution in [-0.4, -0.2) is 0 Å². The number of benzene rings is 2. The molecule has 1 nitrogen and oxygen atoms in total. The third-order valence-electron chi connectivity index (χ3n) is 3.27. The van der Waals surface area contributed by atoms with Gasteiger partial charge in [0, 0.05) is 0 Å². The lowest BCUT2D eigenvalue weighted by atomic mass is 10.0. The fourth-order valence-corrected chi connectivity index (χ4v) is 2.12. The second-order valence-corrected chi connectivity index (χ2v) is 5.05. The van der Waals surface area contributed by atoms with Crippen LogP contribution < -0.4 is 4.74 Å². The first-order valence-corrected chi connectivity index (χ1v) is 7.27. The Bertz CT molecular complexity index is 555. The van der Waals surface area contributed by atoms with Crippen LogP contribution in [0.15, 0.2) is 60.9 Å². The number of hydrogen-bond donors (Lipinski definition) is 0. The van der Waals surface area contributed by atoms with Gasteiger partial charge in [-0.15, -0.1) is 0 Å². The van der Waals surface area contributed by atoms with E-state index in [-0.39, 0.29) is 0 Å². The smallest absolute Gasteiger partial charge is 0.126 e. The second-order valence-electron chi connectivity index (χ2n) is 5.05. The maximum Gasteiger partial charge on any atom is 0.126 e. The summed E-state index contributed by atoms with van der Waals surface area (Å²) < 4.78 is 5.84. The van der Waals surface area contributed by atoms with Gasteiger partial charge in [-0.05, 0) is 48.6 Å². The van der Waals surface area contributed by atoms with Crippen LogP contribution in [0.2, 0.25) is 0 Å². The maximum atomic E-state index is 5.84. The van der Waals surface area contributed by atoms with Gasteiger partial charge in [-0.25, -0.2) is 0 Å². The fourth-order valence-electron chi connectivity index (χ4n) is 2.12. The molecule has 2 aromatic carbocycles. The zero-order valence-electron chi connectivity index (χ0n) is 12.3. The standard InChI is InChI=1S/C19H22O/c1-3-4-10-18(17-11-6-5-7-12-17)15-20-19-13-8-9-16(2)14-19/h5-9,11-15H,3-4,10H2,1-2H3/b18-15+. The van der Waals surface area contributed by atoms with Gasteiger partial charge in [0.05, 0.1) is 6.26 Å². The summed E-state index contributed by atoms with van der Waals surface area (Å²) in [7, 11) is 0. The predicted octanol–water partition coefficient (Wildman–Crippen LogP) is 5.61. The van der Waals surface area contributed by atoms with Crippen LogP contribution in [0, 0.1) is 6.92 Å². The Hall–Kier alpha value is -2.02. The number of rotatable bonds is 6. The zero-order valence-corrected chi connectivity index (χ0v) is 12.3. The average molecular weight is 266 g/mol. The van der Waals surface area contributed by atoms with Crippen LogP contribution >= 0.6 is 0 Å². The lowest BCUT2D eigenvalue weighted by molar-refractivity contribution is 0.481. The van der Waals surface area contributed by atoms with Crippen LogP contribution in [0.3, 0.4) is 0 Å². The van der Waals surface area contributed by atoms with E-state index in [2.05, 4.69) is 50.2 Å². The van der Waals surface area contributed by atoms with Crippen molar-refractivity contribution >= 4 is 5.57 Å². The molecule has 0 spiro atoms. The molecule has 1 heteroatoms. The highest BCUT2D eigenvalue weighted by molar-refractivity contribution is 5.64. The number of unbranched alkanes of at least 4 members (excludes halogenated alkanes) is 1. The molecule has 0 fully saturated rings. The molecule has 0 unspecified atom stereocenters. The van der Waals surface area contributed by atoms with E-state index in [0.717, 1.165) is 12.2 Å². The molecule has 2 aromatic rings. The highest BCUT2D eigenvalue weighted by atomic mass is 16.5. The lowest BCUT2D eigenvalue weighted by Gasteiger charge is -2.08. The molecule has 0 radical (unpaired) electrons. The van der Waals surface area contributed by atoms with Gasteiger partial charge in [0.1, 0.15) is 5.75 Å². The Morgan fingerprint density at radius 3 is 2.55 bits per heavy atom. The minimum Gasteiger partial charge on any atom is -0.465 e. The van der Waals surface area contributed by atoms with Crippen LogP contribution in [0.4, 0.5) is 0 Å². The van der Waals surface area contributed by atoms with Crippen molar-refractivity contribution in [3.8, 4) is 5.75 Å². The van der Waals surface area contributed by atoms with Crippen molar-refractivity contribution in [2.75, 3.05) is 0 Å². The largest absolute Gasteiger partial charge is 0.465 e. The van der Waals surface area contributed by atoms with Gasteiger partial charge in [0.25, 0.3) is 0 Å². The molecule has 0 aromatic heterocycles. The van der Waals surface area contributed by atoms with Gasteiger partial charge < -0.3 is 4.74 Å². The van der Waals surface area contributed by atoms with Crippen LogP contribution in [0.5, 0.6) is 5.75 Å². The van der Waals surface area contributed by atoms with E-state index in [1.165, 1.54) is 29.5 Å². The quantitative estimate of drug-likeness (QED) is 0.618. The molecular formula is C19H22O. The van der Waals surface area contributed by atoms with Gasteiger partial charge >= 0.3 is 0 Å². The molecule has 104 valence electrons. The van der Waals surface area contributed by atoms with Crippen molar-refractivity contribution in [1.29, 1.82) is 0 Å². The van der Waals surface area contributed by atoms with Gasteiger partial charge in [-0.2, -0.15) is 0 Å². The van der Waals surface area contributed by atoms with Gasteiger partial charge in [-0.3, -0.25) is 0 Å². The SMILES string of the molecule is CCCC/C(=C\Oc1cccc(C)c1)c1ccccc1. The van der Waals surface area contributed by atoms with E-state index in [1.54, 1.807) is 0 Å². The Kier molecular flexibility index (Phi) is 5.43. The molecule has 20 heavy (non-hydrogen) atoms. The topological polar surface area (TPSA) is 9.23 Å². The Morgan fingerprint density at radius 1 is 1.05 bits per heavy atom. The number of aryl methyl sites for hydroxylation is 1. The zero-order chi connectivity index (χ0) is 14.2. The maximum absolute atomic E-state index is 5.84. The van der Waals surface area contributed by atoms with Crippen molar-refractivity contribution in [3.63, 3.8) is 0 Å². The van der Waals surface area contributed by atoms with Gasteiger partial charge in [0.2, 0.25) is 0 Å². The molecule has 0 heterocycles. The summed E-state index contributed by atoms with van der Waals surface area (Å²) >= 11 is 0. The molecular weight excluding hydrogens is 244 g/mol. The first-order chi connectivity index (χ1) is 9.79. The molecule has 0 aliphatic rings. The lowest BCUT2D eigenvalue weighted by Crippen LogP contribution is -1.90. The molecule has 0 aliphatic heterocycles. The van der Waals surface area contributed by atoms with Crippen LogP contribution in [0.25, 0.3) is 5.57 Å². The van der Waals surface area contributed by atoms with Gasteiger partial charge in [0.15, 0.2) is 0 Å². The average Bonchev–Trinajstić information content (AvgIpc) is 2.48. The molecule has 2 rings (SSSR count). The molecule has 0 aliphatic carbocycles. The van der Waals surface area contributed by atoms with E-state index < -0.39 is 0 Å². The highest BCUT2D eigenvalue weighted by Crippen LogP contribution is 2.22.